The third-order valence-electron chi connectivity index (χ3n) is 4.79. The topological polar surface area (TPSA) is 79.9 Å². The molecule has 7 heteroatoms. The first-order valence-corrected chi connectivity index (χ1v) is 9.19. The summed E-state index contributed by atoms with van der Waals surface area (Å²) in [5, 5.41) is 5.99. The molecule has 2 N–H and O–H groups in total. The summed E-state index contributed by atoms with van der Waals surface area (Å²) in [7, 11) is 3.11. The van der Waals surface area contributed by atoms with Crippen molar-refractivity contribution in [3.8, 4) is 11.5 Å². The number of amides is 2. The first-order valence-electron chi connectivity index (χ1n) is 9.19. The van der Waals surface area contributed by atoms with E-state index in [0.717, 1.165) is 29.9 Å². The van der Waals surface area contributed by atoms with E-state index in [2.05, 4.69) is 10.6 Å². The molecule has 1 aliphatic heterocycles. The minimum absolute atomic E-state index is 0.0819. The molecule has 1 heterocycles. The van der Waals surface area contributed by atoms with Crippen LogP contribution in [0.4, 0.5) is 17.1 Å². The Hall–Kier alpha value is -3.22. The number of benzene rings is 2. The minimum Gasteiger partial charge on any atom is -0.497 e. The van der Waals surface area contributed by atoms with Crippen LogP contribution >= 0.6 is 0 Å². The van der Waals surface area contributed by atoms with Crippen molar-refractivity contribution in [2.45, 2.75) is 19.8 Å². The Morgan fingerprint density at radius 2 is 1.96 bits per heavy atom. The second kappa shape index (κ2) is 8.65. The lowest BCUT2D eigenvalue weighted by Crippen LogP contribution is -2.25. The predicted octanol–water partition coefficient (Wildman–Crippen LogP) is 3.19. The van der Waals surface area contributed by atoms with E-state index in [1.54, 1.807) is 32.4 Å². The van der Waals surface area contributed by atoms with Gasteiger partial charge in [0, 0.05) is 30.4 Å². The number of nitrogens with one attached hydrogen (secondary N) is 2. The van der Waals surface area contributed by atoms with E-state index in [4.69, 9.17) is 9.47 Å². The Kier molecular flexibility index (Phi) is 6.03. The third kappa shape index (κ3) is 4.19. The standard InChI is InChI=1S/C21H25N3O4/c1-14-16(6-4-7-18(14)24-11-5-8-21(24)26)22-13-20(25)23-17-12-15(27-2)9-10-19(17)28-3/h4,6-7,9-10,12,22H,5,8,11,13H2,1-3H3,(H,23,25). The van der Waals surface area contributed by atoms with Crippen LogP contribution < -0.4 is 25.0 Å². The summed E-state index contributed by atoms with van der Waals surface area (Å²) in [5.74, 6) is 1.11. The lowest BCUT2D eigenvalue weighted by atomic mass is 10.1. The van der Waals surface area contributed by atoms with Crippen molar-refractivity contribution >= 4 is 28.9 Å². The van der Waals surface area contributed by atoms with E-state index in [9.17, 15) is 9.59 Å². The van der Waals surface area contributed by atoms with Crippen molar-refractivity contribution in [3.05, 3.63) is 42.0 Å². The third-order valence-corrected chi connectivity index (χ3v) is 4.79. The summed E-state index contributed by atoms with van der Waals surface area (Å²) in [6.45, 7) is 2.77. The normalized spacial score (nSPS) is 13.4. The quantitative estimate of drug-likeness (QED) is 0.768. The number of rotatable bonds is 7. The van der Waals surface area contributed by atoms with Gasteiger partial charge < -0.3 is 25.0 Å². The van der Waals surface area contributed by atoms with Crippen molar-refractivity contribution in [1.82, 2.24) is 0 Å². The second-order valence-electron chi connectivity index (χ2n) is 6.57. The van der Waals surface area contributed by atoms with Crippen molar-refractivity contribution in [1.29, 1.82) is 0 Å². The van der Waals surface area contributed by atoms with Crippen LogP contribution in [-0.2, 0) is 9.59 Å². The van der Waals surface area contributed by atoms with Crippen LogP contribution in [-0.4, -0.2) is 39.1 Å². The summed E-state index contributed by atoms with van der Waals surface area (Å²) < 4.78 is 10.5. The minimum atomic E-state index is -0.214. The summed E-state index contributed by atoms with van der Waals surface area (Å²) in [6.07, 6.45) is 1.46. The second-order valence-corrected chi connectivity index (χ2v) is 6.57. The fraction of sp³-hybridized carbons (Fsp3) is 0.333. The van der Waals surface area contributed by atoms with Crippen LogP contribution in [0, 0.1) is 6.92 Å². The van der Waals surface area contributed by atoms with E-state index >= 15 is 0 Å². The summed E-state index contributed by atoms with van der Waals surface area (Å²) in [5.41, 5.74) is 3.21. The van der Waals surface area contributed by atoms with Gasteiger partial charge in [0.05, 0.1) is 26.5 Å². The average Bonchev–Trinajstić information content (AvgIpc) is 3.12. The lowest BCUT2D eigenvalue weighted by molar-refractivity contribution is -0.117. The van der Waals surface area contributed by atoms with Crippen molar-refractivity contribution in [2.24, 2.45) is 0 Å². The molecule has 1 saturated heterocycles. The maximum Gasteiger partial charge on any atom is 0.243 e. The van der Waals surface area contributed by atoms with Crippen LogP contribution in [0.1, 0.15) is 18.4 Å². The van der Waals surface area contributed by atoms with Crippen LogP contribution in [0.15, 0.2) is 36.4 Å². The molecule has 0 radical (unpaired) electrons. The largest absolute Gasteiger partial charge is 0.497 e. The number of hydrogen-bond acceptors (Lipinski definition) is 5. The molecule has 28 heavy (non-hydrogen) atoms. The van der Waals surface area contributed by atoms with Crippen LogP contribution in [0.5, 0.6) is 11.5 Å². The van der Waals surface area contributed by atoms with Gasteiger partial charge in [-0.3, -0.25) is 9.59 Å². The number of nitrogens with zero attached hydrogens (tertiary/aromatic N) is 1. The zero-order valence-corrected chi connectivity index (χ0v) is 16.4. The first-order chi connectivity index (χ1) is 13.5. The number of carbonyl (C=O) groups is 2. The molecular weight excluding hydrogens is 358 g/mol. The highest BCUT2D eigenvalue weighted by Crippen LogP contribution is 2.30. The van der Waals surface area contributed by atoms with Gasteiger partial charge in [0.1, 0.15) is 11.5 Å². The molecule has 0 spiro atoms. The number of anilines is 3. The van der Waals surface area contributed by atoms with Gasteiger partial charge in [-0.1, -0.05) is 6.07 Å². The lowest BCUT2D eigenvalue weighted by Gasteiger charge is -2.21. The van der Waals surface area contributed by atoms with E-state index in [1.165, 1.54) is 0 Å². The molecule has 0 aliphatic carbocycles. The molecule has 0 bridgehead atoms. The fourth-order valence-electron chi connectivity index (χ4n) is 3.29. The maximum absolute atomic E-state index is 12.4. The van der Waals surface area contributed by atoms with E-state index in [1.807, 2.05) is 30.0 Å². The van der Waals surface area contributed by atoms with Gasteiger partial charge >= 0.3 is 0 Å². The summed E-state index contributed by atoms with van der Waals surface area (Å²) in [6, 6.07) is 10.9. The Morgan fingerprint density at radius 3 is 2.64 bits per heavy atom. The molecule has 2 aromatic carbocycles. The first kappa shape index (κ1) is 19.5. The monoisotopic (exact) mass is 383 g/mol. The highest BCUT2D eigenvalue weighted by molar-refractivity contribution is 5.98. The van der Waals surface area contributed by atoms with Gasteiger partial charge in [-0.25, -0.2) is 0 Å². The highest BCUT2D eigenvalue weighted by atomic mass is 16.5. The van der Waals surface area contributed by atoms with Crippen molar-refractivity contribution in [2.75, 3.05) is 42.8 Å². The van der Waals surface area contributed by atoms with Crippen molar-refractivity contribution in [3.63, 3.8) is 0 Å². The molecule has 0 saturated carbocycles. The SMILES string of the molecule is COc1ccc(OC)c(NC(=O)CNc2cccc(N3CCCC3=O)c2C)c1. The van der Waals surface area contributed by atoms with Crippen LogP contribution in [0.25, 0.3) is 0 Å². The maximum atomic E-state index is 12.4. The Bertz CT molecular complexity index is 882. The highest BCUT2D eigenvalue weighted by Gasteiger charge is 2.23. The number of carbonyl (C=O) groups excluding carboxylic acids is 2. The van der Waals surface area contributed by atoms with Crippen LogP contribution in [0.2, 0.25) is 0 Å². The molecule has 0 aromatic heterocycles. The fourth-order valence-corrected chi connectivity index (χ4v) is 3.29. The van der Waals surface area contributed by atoms with E-state index in [0.29, 0.717) is 23.6 Å². The zero-order valence-electron chi connectivity index (χ0n) is 16.4. The Labute approximate surface area is 164 Å². The number of hydrogen-bond donors (Lipinski definition) is 2. The van der Waals surface area contributed by atoms with Gasteiger partial charge in [-0.2, -0.15) is 0 Å². The molecular formula is C21H25N3O4. The molecule has 2 aromatic rings. The molecule has 148 valence electrons. The average molecular weight is 383 g/mol. The van der Waals surface area contributed by atoms with E-state index in [-0.39, 0.29) is 18.4 Å². The molecule has 2 amide bonds. The zero-order chi connectivity index (χ0) is 20.1. The molecule has 1 fully saturated rings. The smallest absolute Gasteiger partial charge is 0.243 e. The molecule has 7 nitrogen and oxygen atoms in total. The Balaban J connectivity index is 1.68. The summed E-state index contributed by atoms with van der Waals surface area (Å²) >= 11 is 0. The predicted molar refractivity (Wildman–Crippen MR) is 109 cm³/mol. The Morgan fingerprint density at radius 1 is 1.14 bits per heavy atom. The van der Waals surface area contributed by atoms with Crippen LogP contribution in [0.3, 0.4) is 0 Å². The van der Waals surface area contributed by atoms with Gasteiger partial charge in [-0.15, -0.1) is 0 Å². The molecule has 1 aliphatic rings. The van der Waals surface area contributed by atoms with Gasteiger partial charge in [0.25, 0.3) is 0 Å². The van der Waals surface area contributed by atoms with Gasteiger partial charge in [0.15, 0.2) is 0 Å². The number of ether oxygens (including phenoxy) is 2. The van der Waals surface area contributed by atoms with Gasteiger partial charge in [-0.05, 0) is 43.2 Å². The molecule has 0 atom stereocenters. The number of methoxy groups -OCH3 is 2. The molecule has 3 rings (SSSR count). The van der Waals surface area contributed by atoms with Crippen molar-refractivity contribution < 1.29 is 19.1 Å². The van der Waals surface area contributed by atoms with Gasteiger partial charge in [0.2, 0.25) is 11.8 Å². The molecule has 0 unspecified atom stereocenters. The summed E-state index contributed by atoms with van der Waals surface area (Å²) in [4.78, 5) is 26.3. The van der Waals surface area contributed by atoms with E-state index < -0.39 is 0 Å².